The number of hydrogen-bond acceptors (Lipinski definition) is 6. The van der Waals surface area contributed by atoms with Crippen LogP contribution in [0.4, 0.5) is 0 Å². The van der Waals surface area contributed by atoms with Crippen LogP contribution < -0.4 is 9.46 Å². The zero-order valence-electron chi connectivity index (χ0n) is 19.6. The Bertz CT molecular complexity index is 1390. The van der Waals surface area contributed by atoms with Crippen LogP contribution in [0, 0.1) is 6.92 Å². The number of amides is 1. The number of aromatic nitrogens is 1. The number of fused-ring (bicyclic) bond motifs is 1. The minimum atomic E-state index is -4.10. The lowest BCUT2D eigenvalue weighted by atomic mass is 9.88. The Labute approximate surface area is 199 Å². The van der Waals surface area contributed by atoms with Gasteiger partial charge in [-0.05, 0) is 68.5 Å². The highest BCUT2D eigenvalue weighted by Gasteiger charge is 2.55. The van der Waals surface area contributed by atoms with Gasteiger partial charge in [0.05, 0.1) is 29.5 Å². The van der Waals surface area contributed by atoms with Crippen LogP contribution in [0.5, 0.6) is 5.75 Å². The van der Waals surface area contributed by atoms with Crippen LogP contribution >= 0.6 is 0 Å². The summed E-state index contributed by atoms with van der Waals surface area (Å²) < 4.78 is 40.0. The van der Waals surface area contributed by atoms with E-state index in [2.05, 4.69) is 9.71 Å². The number of benzene rings is 2. The van der Waals surface area contributed by atoms with Crippen molar-refractivity contribution in [3.63, 3.8) is 0 Å². The van der Waals surface area contributed by atoms with E-state index in [1.165, 1.54) is 6.07 Å². The van der Waals surface area contributed by atoms with Crippen molar-refractivity contribution in [2.24, 2.45) is 0 Å². The Hall–Kier alpha value is -2.97. The van der Waals surface area contributed by atoms with Crippen LogP contribution in [0.15, 0.2) is 53.4 Å². The van der Waals surface area contributed by atoms with Gasteiger partial charge in [0, 0.05) is 29.2 Å². The van der Waals surface area contributed by atoms with Crippen molar-refractivity contribution in [3.8, 4) is 5.75 Å². The van der Waals surface area contributed by atoms with Gasteiger partial charge in [-0.3, -0.25) is 9.78 Å². The number of ether oxygens (including phenoxy) is 2. The predicted molar refractivity (Wildman–Crippen MR) is 129 cm³/mol. The summed E-state index contributed by atoms with van der Waals surface area (Å²) in [5.41, 5.74) is 2.22. The molecule has 2 saturated carbocycles. The molecule has 34 heavy (non-hydrogen) atoms. The maximum Gasteiger partial charge on any atom is 0.264 e. The van der Waals surface area contributed by atoms with E-state index < -0.39 is 21.3 Å². The summed E-state index contributed by atoms with van der Waals surface area (Å²) in [5, 5.41) is 0.480. The van der Waals surface area contributed by atoms with Crippen LogP contribution in [0.1, 0.15) is 42.5 Å². The molecule has 1 heterocycles. The first-order valence-corrected chi connectivity index (χ1v) is 12.8. The molecule has 0 atom stereocenters. The number of nitrogens with one attached hydrogen (secondary N) is 1. The van der Waals surface area contributed by atoms with Gasteiger partial charge in [0.15, 0.2) is 0 Å². The minimum Gasteiger partial charge on any atom is -0.496 e. The van der Waals surface area contributed by atoms with Crippen molar-refractivity contribution >= 4 is 26.8 Å². The predicted octanol–water partition coefficient (Wildman–Crippen LogP) is 3.77. The van der Waals surface area contributed by atoms with Crippen molar-refractivity contribution in [1.29, 1.82) is 0 Å². The molecule has 7 nitrogen and oxygen atoms in total. The quantitative estimate of drug-likeness (QED) is 0.528. The highest BCUT2D eigenvalue weighted by atomic mass is 32.2. The average Bonchev–Trinajstić information content (AvgIpc) is 3.74. The van der Waals surface area contributed by atoms with Gasteiger partial charge in [-0.25, -0.2) is 13.1 Å². The fourth-order valence-corrected chi connectivity index (χ4v) is 6.11. The SMILES string of the molecule is COCC1(c2ccc(OC)c(C3(C(=O)NS(=O)(=O)c4cccc5nc(C)ccc45)CC3)c2)CC1. The fraction of sp³-hybridized carbons (Fsp3) is 0.385. The summed E-state index contributed by atoms with van der Waals surface area (Å²) in [6.07, 6.45) is 3.16. The van der Waals surface area contributed by atoms with Gasteiger partial charge >= 0.3 is 0 Å². The molecular weight excluding hydrogens is 452 g/mol. The number of nitrogens with zero attached hydrogens (tertiary/aromatic N) is 1. The number of sulfonamides is 1. The number of carbonyl (C=O) groups is 1. The van der Waals surface area contributed by atoms with E-state index in [0.29, 0.717) is 36.1 Å². The van der Waals surface area contributed by atoms with Gasteiger partial charge in [0.1, 0.15) is 5.75 Å². The molecule has 8 heteroatoms. The molecule has 1 aromatic heterocycles. The van der Waals surface area contributed by atoms with Gasteiger partial charge in [-0.15, -0.1) is 0 Å². The molecule has 2 aliphatic carbocycles. The third kappa shape index (κ3) is 3.75. The summed E-state index contributed by atoms with van der Waals surface area (Å²) in [6.45, 7) is 2.46. The van der Waals surface area contributed by atoms with Crippen molar-refractivity contribution in [2.45, 2.75) is 48.3 Å². The van der Waals surface area contributed by atoms with Crippen LogP contribution in [0.2, 0.25) is 0 Å². The number of rotatable bonds is 8. The van der Waals surface area contributed by atoms with E-state index in [0.717, 1.165) is 29.7 Å². The van der Waals surface area contributed by atoms with E-state index >= 15 is 0 Å². The van der Waals surface area contributed by atoms with Crippen molar-refractivity contribution in [1.82, 2.24) is 9.71 Å². The number of pyridine rings is 1. The van der Waals surface area contributed by atoms with Gasteiger partial charge in [-0.2, -0.15) is 0 Å². The molecule has 2 aliphatic rings. The van der Waals surface area contributed by atoms with Crippen LogP contribution in [0.3, 0.4) is 0 Å². The van der Waals surface area contributed by atoms with Crippen LogP contribution in [-0.2, 0) is 30.4 Å². The Morgan fingerprint density at radius 1 is 1.06 bits per heavy atom. The fourth-order valence-electron chi connectivity index (χ4n) is 4.84. The standard InChI is InChI=1S/C26H28N2O5S/c1-17-7-9-19-21(27-17)5-4-6-23(19)34(30,31)28-24(29)26(13-14-26)20-15-18(8-10-22(20)33-3)25(11-12-25)16-32-2/h4-10,15H,11-14,16H2,1-3H3,(H,28,29). The lowest BCUT2D eigenvalue weighted by molar-refractivity contribution is -0.121. The zero-order chi connectivity index (χ0) is 24.1. The molecule has 0 bridgehead atoms. The van der Waals surface area contributed by atoms with E-state index in [9.17, 15) is 13.2 Å². The monoisotopic (exact) mass is 480 g/mol. The van der Waals surface area contributed by atoms with Gasteiger partial charge in [0.2, 0.25) is 5.91 Å². The third-order valence-corrected chi connectivity index (χ3v) is 8.52. The molecule has 178 valence electrons. The topological polar surface area (TPSA) is 94.6 Å². The van der Waals surface area contributed by atoms with E-state index in [4.69, 9.17) is 9.47 Å². The first-order valence-electron chi connectivity index (χ1n) is 11.4. The molecule has 0 aliphatic heterocycles. The molecule has 1 amide bonds. The summed E-state index contributed by atoms with van der Waals surface area (Å²) in [7, 11) is -0.849. The number of aryl methyl sites for hydroxylation is 1. The van der Waals surface area contributed by atoms with Gasteiger partial charge < -0.3 is 9.47 Å². The molecule has 0 unspecified atom stereocenters. The summed E-state index contributed by atoms with van der Waals surface area (Å²) in [4.78, 5) is 17.9. The highest BCUT2D eigenvalue weighted by Crippen LogP contribution is 2.55. The smallest absolute Gasteiger partial charge is 0.264 e. The molecule has 0 spiro atoms. The highest BCUT2D eigenvalue weighted by molar-refractivity contribution is 7.90. The second kappa shape index (κ2) is 8.06. The van der Waals surface area contributed by atoms with Gasteiger partial charge in [-0.1, -0.05) is 18.2 Å². The molecule has 2 aromatic carbocycles. The van der Waals surface area contributed by atoms with Gasteiger partial charge in [0.25, 0.3) is 10.0 Å². The maximum atomic E-state index is 13.5. The number of hydrogen-bond donors (Lipinski definition) is 1. The summed E-state index contributed by atoms with van der Waals surface area (Å²) in [6, 6.07) is 14.3. The minimum absolute atomic E-state index is 0.0392. The Kier molecular flexibility index (Phi) is 5.41. The average molecular weight is 481 g/mol. The number of methoxy groups -OCH3 is 2. The normalized spacial score (nSPS) is 17.9. The lowest BCUT2D eigenvalue weighted by Gasteiger charge is -2.22. The summed E-state index contributed by atoms with van der Waals surface area (Å²) >= 11 is 0. The molecular formula is C26H28N2O5S. The first-order chi connectivity index (χ1) is 16.2. The zero-order valence-corrected chi connectivity index (χ0v) is 20.4. The van der Waals surface area contributed by atoms with Crippen molar-refractivity contribution < 1.29 is 22.7 Å². The second-order valence-corrected chi connectivity index (χ2v) is 11.1. The van der Waals surface area contributed by atoms with Crippen molar-refractivity contribution in [3.05, 3.63) is 65.4 Å². The molecule has 0 saturated heterocycles. The van der Waals surface area contributed by atoms with Crippen molar-refractivity contribution in [2.75, 3.05) is 20.8 Å². The van der Waals surface area contributed by atoms with E-state index in [-0.39, 0.29) is 10.3 Å². The molecule has 1 N–H and O–H groups in total. The Morgan fingerprint density at radius 2 is 1.82 bits per heavy atom. The van der Waals surface area contributed by atoms with E-state index in [1.807, 2.05) is 25.1 Å². The van der Waals surface area contributed by atoms with Crippen LogP contribution in [-0.4, -0.2) is 40.1 Å². The number of carbonyl (C=O) groups excluding carboxylic acids is 1. The van der Waals surface area contributed by atoms with E-state index in [1.54, 1.807) is 38.5 Å². The summed E-state index contributed by atoms with van der Waals surface area (Å²) in [5.74, 6) is 0.0588. The molecule has 3 aromatic rings. The maximum absolute atomic E-state index is 13.5. The Morgan fingerprint density at radius 3 is 2.47 bits per heavy atom. The second-order valence-electron chi connectivity index (χ2n) is 9.42. The first kappa shape index (κ1) is 22.8. The largest absolute Gasteiger partial charge is 0.496 e. The Balaban J connectivity index is 1.49. The molecule has 2 fully saturated rings. The lowest BCUT2D eigenvalue weighted by Crippen LogP contribution is -2.39. The molecule has 5 rings (SSSR count). The third-order valence-electron chi connectivity index (χ3n) is 7.13. The van der Waals surface area contributed by atoms with Crippen LogP contribution in [0.25, 0.3) is 10.9 Å². The molecule has 0 radical (unpaired) electrons.